The van der Waals surface area contributed by atoms with Crippen molar-refractivity contribution in [3.63, 3.8) is 0 Å². The van der Waals surface area contributed by atoms with Crippen LogP contribution in [0.1, 0.15) is 18.9 Å². The predicted molar refractivity (Wildman–Crippen MR) is 80.7 cm³/mol. The highest BCUT2D eigenvalue weighted by Gasteiger charge is 2.44. The molecular weight excluding hydrogens is 323 g/mol. The third-order valence-electron chi connectivity index (χ3n) is 4.18. The zero-order valence-corrected chi connectivity index (χ0v) is 12.9. The number of amides is 1. The first-order valence-electron chi connectivity index (χ1n) is 7.46. The number of carbonyl (C=O) groups excluding carboxylic acids is 1. The van der Waals surface area contributed by atoms with Gasteiger partial charge < -0.3 is 10.1 Å². The third kappa shape index (κ3) is 3.01. The highest BCUT2D eigenvalue weighted by molar-refractivity contribution is 5.95. The van der Waals surface area contributed by atoms with Crippen LogP contribution in [0, 0.1) is 5.41 Å². The number of alkyl halides is 3. The molecule has 24 heavy (non-hydrogen) atoms. The topological polar surface area (TPSA) is 56.2 Å². The number of carbonyl (C=O) groups is 1. The molecule has 0 atom stereocenters. The number of rotatable bonds is 4. The largest absolute Gasteiger partial charge is 0.416 e. The van der Waals surface area contributed by atoms with Crippen molar-refractivity contribution in [2.24, 2.45) is 5.41 Å². The number of nitrogens with one attached hydrogen (secondary N) is 1. The number of anilines is 1. The van der Waals surface area contributed by atoms with Gasteiger partial charge in [0.2, 0.25) is 5.91 Å². The molecule has 1 aromatic carbocycles. The SMILES string of the molecule is CCC1(C(=O)Nc2ccn(-c3cccc(C(F)(F)F)c3)n2)COC1. The van der Waals surface area contributed by atoms with Gasteiger partial charge in [0.1, 0.15) is 0 Å². The summed E-state index contributed by atoms with van der Waals surface area (Å²) in [5, 5.41) is 6.82. The standard InChI is InChI=1S/C16H16F3N3O2/c1-2-15(9-24-10-15)14(23)20-13-6-7-22(21-13)12-5-3-4-11(8-12)16(17,18)19/h3-8H,2,9-10H2,1H3,(H,20,21,23). The van der Waals surface area contributed by atoms with Crippen LogP contribution in [0.25, 0.3) is 5.69 Å². The average Bonchev–Trinajstić information content (AvgIpc) is 2.94. The molecule has 1 aliphatic heterocycles. The van der Waals surface area contributed by atoms with Crippen molar-refractivity contribution in [2.75, 3.05) is 18.5 Å². The minimum Gasteiger partial charge on any atom is -0.379 e. The number of benzene rings is 1. The molecule has 1 fully saturated rings. The molecule has 0 radical (unpaired) electrons. The second kappa shape index (κ2) is 5.94. The second-order valence-corrected chi connectivity index (χ2v) is 5.77. The van der Waals surface area contributed by atoms with Crippen molar-refractivity contribution >= 4 is 11.7 Å². The molecule has 0 unspecified atom stereocenters. The molecule has 1 aliphatic rings. The molecule has 0 bridgehead atoms. The lowest BCUT2D eigenvalue weighted by atomic mass is 9.82. The van der Waals surface area contributed by atoms with E-state index in [2.05, 4.69) is 10.4 Å². The summed E-state index contributed by atoms with van der Waals surface area (Å²) in [4.78, 5) is 12.3. The fourth-order valence-corrected chi connectivity index (χ4v) is 2.45. The molecule has 1 N–H and O–H groups in total. The maximum absolute atomic E-state index is 12.8. The van der Waals surface area contributed by atoms with Crippen LogP contribution in [-0.4, -0.2) is 28.9 Å². The van der Waals surface area contributed by atoms with Gasteiger partial charge in [0, 0.05) is 12.3 Å². The number of aromatic nitrogens is 2. The van der Waals surface area contributed by atoms with Crippen LogP contribution in [0.15, 0.2) is 36.5 Å². The van der Waals surface area contributed by atoms with E-state index in [9.17, 15) is 18.0 Å². The van der Waals surface area contributed by atoms with Gasteiger partial charge in [-0.1, -0.05) is 13.0 Å². The molecule has 1 amide bonds. The first kappa shape index (κ1) is 16.5. The molecule has 128 valence electrons. The van der Waals surface area contributed by atoms with Gasteiger partial charge in [-0.3, -0.25) is 4.79 Å². The summed E-state index contributed by atoms with van der Waals surface area (Å²) in [6.45, 7) is 2.64. The molecule has 5 nitrogen and oxygen atoms in total. The first-order chi connectivity index (χ1) is 11.3. The Morgan fingerprint density at radius 2 is 2.12 bits per heavy atom. The summed E-state index contributed by atoms with van der Waals surface area (Å²) >= 11 is 0. The van der Waals surface area contributed by atoms with Crippen LogP contribution < -0.4 is 5.32 Å². The van der Waals surface area contributed by atoms with E-state index < -0.39 is 17.2 Å². The minimum atomic E-state index is -4.42. The zero-order chi connectivity index (χ0) is 17.4. The fourth-order valence-electron chi connectivity index (χ4n) is 2.45. The van der Waals surface area contributed by atoms with Gasteiger partial charge in [0.15, 0.2) is 5.82 Å². The van der Waals surface area contributed by atoms with Gasteiger partial charge in [0.25, 0.3) is 0 Å². The summed E-state index contributed by atoms with van der Waals surface area (Å²) in [7, 11) is 0. The quantitative estimate of drug-likeness (QED) is 0.930. The van der Waals surface area contributed by atoms with Crippen LogP contribution in [0.2, 0.25) is 0 Å². The van der Waals surface area contributed by atoms with Gasteiger partial charge in [-0.05, 0) is 24.6 Å². The Morgan fingerprint density at radius 1 is 1.38 bits per heavy atom. The van der Waals surface area contributed by atoms with Gasteiger partial charge in [0.05, 0.1) is 29.9 Å². The van der Waals surface area contributed by atoms with Gasteiger partial charge in [-0.25, -0.2) is 4.68 Å². The summed E-state index contributed by atoms with van der Waals surface area (Å²) in [5.41, 5.74) is -1.03. The monoisotopic (exact) mass is 339 g/mol. The Kier molecular flexibility index (Phi) is 4.08. The summed E-state index contributed by atoms with van der Waals surface area (Å²) in [6, 6.07) is 6.38. The average molecular weight is 339 g/mol. The summed E-state index contributed by atoms with van der Waals surface area (Å²) in [5.74, 6) is 0.0997. The van der Waals surface area contributed by atoms with E-state index in [1.54, 1.807) is 6.07 Å². The molecule has 8 heteroatoms. The molecule has 2 aromatic rings. The van der Waals surface area contributed by atoms with Crippen LogP contribution in [-0.2, 0) is 15.7 Å². The summed E-state index contributed by atoms with van der Waals surface area (Å²) < 4.78 is 44.7. The Bertz CT molecular complexity index is 746. The lowest BCUT2D eigenvalue weighted by Gasteiger charge is -2.38. The van der Waals surface area contributed by atoms with Gasteiger partial charge in [-0.2, -0.15) is 18.3 Å². The summed E-state index contributed by atoms with van der Waals surface area (Å²) in [6.07, 6.45) is -2.27. The normalized spacial score (nSPS) is 16.5. The Morgan fingerprint density at radius 3 is 2.71 bits per heavy atom. The highest BCUT2D eigenvalue weighted by Crippen LogP contribution is 2.33. The number of ether oxygens (including phenoxy) is 1. The van der Waals surface area contributed by atoms with Crippen molar-refractivity contribution in [1.82, 2.24) is 9.78 Å². The minimum absolute atomic E-state index is 0.189. The van der Waals surface area contributed by atoms with E-state index in [0.29, 0.717) is 19.6 Å². The van der Waals surface area contributed by atoms with Crippen molar-refractivity contribution in [1.29, 1.82) is 0 Å². The smallest absolute Gasteiger partial charge is 0.379 e. The fraction of sp³-hybridized carbons (Fsp3) is 0.375. The van der Waals surface area contributed by atoms with Crippen LogP contribution in [0.5, 0.6) is 0 Å². The van der Waals surface area contributed by atoms with Crippen molar-refractivity contribution < 1.29 is 22.7 Å². The molecule has 2 heterocycles. The van der Waals surface area contributed by atoms with E-state index in [1.165, 1.54) is 23.0 Å². The maximum atomic E-state index is 12.8. The van der Waals surface area contributed by atoms with E-state index in [0.717, 1.165) is 12.1 Å². The van der Waals surface area contributed by atoms with Crippen molar-refractivity contribution in [2.45, 2.75) is 19.5 Å². The van der Waals surface area contributed by atoms with Crippen molar-refractivity contribution in [3.05, 3.63) is 42.1 Å². The molecule has 1 saturated heterocycles. The van der Waals surface area contributed by atoms with Crippen LogP contribution in [0.4, 0.5) is 19.0 Å². The number of halogens is 3. The van der Waals surface area contributed by atoms with Gasteiger partial charge >= 0.3 is 6.18 Å². The molecule has 0 saturated carbocycles. The van der Waals surface area contributed by atoms with Crippen LogP contribution >= 0.6 is 0 Å². The van der Waals surface area contributed by atoms with E-state index in [1.807, 2.05) is 6.92 Å². The number of hydrogen-bond donors (Lipinski definition) is 1. The Balaban J connectivity index is 1.78. The highest BCUT2D eigenvalue weighted by atomic mass is 19.4. The molecular formula is C16H16F3N3O2. The maximum Gasteiger partial charge on any atom is 0.416 e. The third-order valence-corrected chi connectivity index (χ3v) is 4.18. The Labute approximate surface area is 136 Å². The van der Waals surface area contributed by atoms with E-state index in [-0.39, 0.29) is 17.4 Å². The van der Waals surface area contributed by atoms with Crippen LogP contribution in [0.3, 0.4) is 0 Å². The number of hydrogen-bond acceptors (Lipinski definition) is 3. The molecule has 3 rings (SSSR count). The second-order valence-electron chi connectivity index (χ2n) is 5.77. The number of nitrogens with zero attached hydrogens (tertiary/aromatic N) is 2. The zero-order valence-electron chi connectivity index (χ0n) is 12.9. The molecule has 1 aromatic heterocycles. The van der Waals surface area contributed by atoms with Gasteiger partial charge in [-0.15, -0.1) is 0 Å². The lowest BCUT2D eigenvalue weighted by molar-refractivity contribution is -0.156. The predicted octanol–water partition coefficient (Wildman–Crippen LogP) is 3.26. The molecule has 0 spiro atoms. The van der Waals surface area contributed by atoms with E-state index in [4.69, 9.17) is 4.74 Å². The van der Waals surface area contributed by atoms with E-state index >= 15 is 0 Å². The first-order valence-corrected chi connectivity index (χ1v) is 7.46. The Hall–Kier alpha value is -2.35. The lowest BCUT2D eigenvalue weighted by Crippen LogP contribution is -2.51. The van der Waals surface area contributed by atoms with Crippen molar-refractivity contribution in [3.8, 4) is 5.69 Å². The molecule has 0 aliphatic carbocycles.